The highest BCUT2D eigenvalue weighted by atomic mass is 16.3. The Morgan fingerprint density at radius 2 is 1.76 bits per heavy atom. The van der Waals surface area contributed by atoms with E-state index >= 15 is 0 Å². The summed E-state index contributed by atoms with van der Waals surface area (Å²) >= 11 is 0. The lowest BCUT2D eigenvalue weighted by atomic mass is 9.87. The summed E-state index contributed by atoms with van der Waals surface area (Å²) < 4.78 is 0. The van der Waals surface area contributed by atoms with Crippen molar-refractivity contribution in [3.05, 3.63) is 0 Å². The number of aliphatic hydroxyl groups excluding tert-OH is 1. The molecule has 0 amide bonds. The van der Waals surface area contributed by atoms with Crippen LogP contribution in [0.2, 0.25) is 0 Å². The van der Waals surface area contributed by atoms with E-state index in [4.69, 9.17) is 0 Å². The summed E-state index contributed by atoms with van der Waals surface area (Å²) in [4.78, 5) is 2.35. The molecular weight excluding hydrogens is 212 g/mol. The number of aliphatic hydroxyl groups is 1. The lowest BCUT2D eigenvalue weighted by Crippen LogP contribution is -2.45. The van der Waals surface area contributed by atoms with Crippen LogP contribution in [0.3, 0.4) is 0 Å². The number of rotatable bonds is 4. The Morgan fingerprint density at radius 3 is 2.18 bits per heavy atom. The van der Waals surface area contributed by atoms with Gasteiger partial charge in [-0.15, -0.1) is 0 Å². The largest absolute Gasteiger partial charge is 0.391 e. The first-order valence-corrected chi connectivity index (χ1v) is 6.90. The third-order valence-electron chi connectivity index (χ3n) is 4.19. The minimum absolute atomic E-state index is 0.0174. The van der Waals surface area contributed by atoms with Crippen LogP contribution in [0.25, 0.3) is 0 Å². The van der Waals surface area contributed by atoms with Crippen LogP contribution >= 0.6 is 0 Å². The van der Waals surface area contributed by atoms with E-state index in [2.05, 4.69) is 45.1 Å². The molecule has 0 bridgehead atoms. The van der Waals surface area contributed by atoms with E-state index in [0.29, 0.717) is 12.1 Å². The molecule has 0 radical (unpaired) electrons. The fourth-order valence-electron chi connectivity index (χ4n) is 2.50. The molecule has 0 saturated heterocycles. The van der Waals surface area contributed by atoms with Crippen LogP contribution in [0.4, 0.5) is 0 Å². The zero-order valence-electron chi connectivity index (χ0n) is 12.2. The molecular formula is C14H30N2O. The molecule has 1 fully saturated rings. The molecule has 0 aromatic carbocycles. The van der Waals surface area contributed by atoms with Crippen molar-refractivity contribution in [2.45, 2.75) is 64.6 Å². The van der Waals surface area contributed by atoms with Gasteiger partial charge < -0.3 is 15.3 Å². The molecule has 0 spiro atoms. The Hall–Kier alpha value is -0.120. The monoisotopic (exact) mass is 242 g/mol. The van der Waals surface area contributed by atoms with Gasteiger partial charge in [-0.25, -0.2) is 0 Å². The fourth-order valence-corrected chi connectivity index (χ4v) is 2.50. The Balaban J connectivity index is 2.36. The molecule has 0 heterocycles. The lowest BCUT2D eigenvalue weighted by Gasteiger charge is -2.37. The van der Waals surface area contributed by atoms with Crippen molar-refractivity contribution in [1.82, 2.24) is 10.2 Å². The van der Waals surface area contributed by atoms with Crippen molar-refractivity contribution < 1.29 is 5.11 Å². The summed E-state index contributed by atoms with van der Waals surface area (Å²) in [6.07, 6.45) is 4.78. The molecule has 3 nitrogen and oxygen atoms in total. The second-order valence-electron chi connectivity index (χ2n) is 6.62. The molecule has 0 aromatic heterocycles. The maximum absolute atomic E-state index is 10.1. The summed E-state index contributed by atoms with van der Waals surface area (Å²) in [7, 11) is 4.21. The fraction of sp³-hybridized carbons (Fsp3) is 1.00. The topological polar surface area (TPSA) is 35.5 Å². The number of hydrogen-bond acceptors (Lipinski definition) is 3. The highest BCUT2D eigenvalue weighted by Gasteiger charge is 2.28. The first kappa shape index (κ1) is 14.9. The number of hydrogen-bond donors (Lipinski definition) is 2. The smallest absolute Gasteiger partial charge is 0.0715 e. The quantitative estimate of drug-likeness (QED) is 0.790. The molecule has 3 heteroatoms. The van der Waals surface area contributed by atoms with Gasteiger partial charge >= 0.3 is 0 Å². The van der Waals surface area contributed by atoms with E-state index in [1.165, 1.54) is 25.7 Å². The van der Waals surface area contributed by atoms with Crippen molar-refractivity contribution in [3.8, 4) is 0 Å². The van der Waals surface area contributed by atoms with E-state index in [9.17, 15) is 5.11 Å². The molecule has 1 aliphatic rings. The molecule has 1 atom stereocenters. The standard InChI is InChI=1S/C14H30N2O/c1-14(2,3)13(17)10-16(5)12-8-6-11(15-4)7-9-12/h11-13,15,17H,6-10H2,1-5H3. The average molecular weight is 242 g/mol. The third kappa shape index (κ3) is 4.57. The minimum Gasteiger partial charge on any atom is -0.391 e. The summed E-state index contributed by atoms with van der Waals surface area (Å²) in [5.41, 5.74) is -0.0174. The van der Waals surface area contributed by atoms with E-state index in [1.807, 2.05) is 0 Å². The maximum Gasteiger partial charge on any atom is 0.0715 e. The molecule has 17 heavy (non-hydrogen) atoms. The highest BCUT2D eigenvalue weighted by molar-refractivity contribution is 4.83. The van der Waals surface area contributed by atoms with Crippen LogP contribution in [0.15, 0.2) is 0 Å². The Labute approximate surface area is 107 Å². The summed E-state index contributed by atoms with van der Waals surface area (Å²) in [5.74, 6) is 0. The zero-order valence-corrected chi connectivity index (χ0v) is 12.2. The number of nitrogens with one attached hydrogen (secondary N) is 1. The van der Waals surface area contributed by atoms with E-state index < -0.39 is 0 Å². The molecule has 1 rings (SSSR count). The average Bonchev–Trinajstić information content (AvgIpc) is 2.27. The van der Waals surface area contributed by atoms with Gasteiger partial charge in [0.2, 0.25) is 0 Å². The number of nitrogens with zero attached hydrogens (tertiary/aromatic N) is 1. The first-order valence-electron chi connectivity index (χ1n) is 6.90. The second kappa shape index (κ2) is 6.17. The summed E-state index contributed by atoms with van der Waals surface area (Å²) in [6.45, 7) is 7.09. The van der Waals surface area contributed by atoms with E-state index in [0.717, 1.165) is 6.54 Å². The predicted molar refractivity (Wildman–Crippen MR) is 73.2 cm³/mol. The van der Waals surface area contributed by atoms with Crippen LogP contribution in [-0.4, -0.2) is 48.8 Å². The minimum atomic E-state index is -0.241. The normalized spacial score (nSPS) is 28.4. The third-order valence-corrected chi connectivity index (χ3v) is 4.19. The SMILES string of the molecule is CNC1CCC(N(C)CC(O)C(C)(C)C)CC1. The van der Waals surface area contributed by atoms with Crippen LogP contribution in [0, 0.1) is 5.41 Å². The van der Waals surface area contributed by atoms with Crippen molar-refractivity contribution in [2.75, 3.05) is 20.6 Å². The highest BCUT2D eigenvalue weighted by Crippen LogP contribution is 2.25. The van der Waals surface area contributed by atoms with Gasteiger partial charge in [-0.1, -0.05) is 20.8 Å². The van der Waals surface area contributed by atoms with Crippen LogP contribution in [0.1, 0.15) is 46.5 Å². The Morgan fingerprint density at radius 1 is 1.24 bits per heavy atom. The molecule has 0 aromatic rings. The molecule has 1 unspecified atom stereocenters. The number of likely N-dealkylation sites (N-methyl/N-ethyl adjacent to an activating group) is 1. The van der Waals surface area contributed by atoms with Gasteiger partial charge in [0.15, 0.2) is 0 Å². The van der Waals surface area contributed by atoms with Crippen molar-refractivity contribution >= 4 is 0 Å². The van der Waals surface area contributed by atoms with Gasteiger partial charge in [-0.2, -0.15) is 0 Å². The van der Waals surface area contributed by atoms with Crippen LogP contribution < -0.4 is 5.32 Å². The zero-order chi connectivity index (χ0) is 13.1. The van der Waals surface area contributed by atoms with Crippen LogP contribution in [0.5, 0.6) is 0 Å². The molecule has 1 aliphatic carbocycles. The van der Waals surface area contributed by atoms with Crippen molar-refractivity contribution in [2.24, 2.45) is 5.41 Å². The summed E-state index contributed by atoms with van der Waals surface area (Å²) in [6, 6.07) is 1.35. The van der Waals surface area contributed by atoms with Gasteiger partial charge in [-0.3, -0.25) is 0 Å². The molecule has 2 N–H and O–H groups in total. The molecule has 0 aliphatic heterocycles. The van der Waals surface area contributed by atoms with Gasteiger partial charge in [0.05, 0.1) is 6.10 Å². The maximum atomic E-state index is 10.1. The predicted octanol–water partition coefficient (Wildman–Crippen LogP) is 1.86. The van der Waals surface area contributed by atoms with Gasteiger partial charge in [0.25, 0.3) is 0 Å². The molecule has 1 saturated carbocycles. The van der Waals surface area contributed by atoms with Crippen LogP contribution in [-0.2, 0) is 0 Å². The summed E-state index contributed by atoms with van der Waals surface area (Å²) in [5, 5.41) is 13.5. The van der Waals surface area contributed by atoms with E-state index in [-0.39, 0.29) is 11.5 Å². The van der Waals surface area contributed by atoms with Crippen molar-refractivity contribution in [3.63, 3.8) is 0 Å². The van der Waals surface area contributed by atoms with Gasteiger partial charge in [0, 0.05) is 18.6 Å². The first-order chi connectivity index (χ1) is 7.84. The van der Waals surface area contributed by atoms with Gasteiger partial charge in [-0.05, 0) is 45.2 Å². The van der Waals surface area contributed by atoms with Crippen molar-refractivity contribution in [1.29, 1.82) is 0 Å². The molecule has 102 valence electrons. The van der Waals surface area contributed by atoms with E-state index in [1.54, 1.807) is 0 Å². The Kier molecular flexibility index (Phi) is 5.42. The Bertz CT molecular complexity index is 217. The van der Waals surface area contributed by atoms with Gasteiger partial charge in [0.1, 0.15) is 0 Å². The second-order valence-corrected chi connectivity index (χ2v) is 6.62. The lowest BCUT2D eigenvalue weighted by molar-refractivity contribution is 0.0184.